The van der Waals surface area contributed by atoms with Crippen LogP contribution in [0.3, 0.4) is 0 Å². The second-order valence-corrected chi connectivity index (χ2v) is 7.80. The third-order valence-electron chi connectivity index (χ3n) is 5.28. The highest BCUT2D eigenvalue weighted by Crippen LogP contribution is 2.46. The van der Waals surface area contributed by atoms with Crippen molar-refractivity contribution in [1.29, 1.82) is 0 Å². The van der Waals surface area contributed by atoms with E-state index in [1.54, 1.807) is 0 Å². The first-order chi connectivity index (χ1) is 11.3. The van der Waals surface area contributed by atoms with Gasteiger partial charge in [0, 0.05) is 19.3 Å². The zero-order valence-corrected chi connectivity index (χ0v) is 15.0. The van der Waals surface area contributed by atoms with E-state index in [1.165, 1.54) is 11.8 Å². The molecule has 0 bridgehead atoms. The maximum absolute atomic E-state index is 12.6. The minimum Gasteiger partial charge on any atom is -0.391 e. The van der Waals surface area contributed by atoms with Crippen LogP contribution in [0, 0.1) is 11.3 Å². The fourth-order valence-corrected chi connectivity index (χ4v) is 3.88. The Kier molecular flexibility index (Phi) is 6.22. The molecule has 138 valence electrons. The highest BCUT2D eigenvalue weighted by Gasteiger charge is 2.56. The number of hydrogen-bond donors (Lipinski definition) is 4. The number of amides is 2. The summed E-state index contributed by atoms with van der Waals surface area (Å²) in [5, 5.41) is 16.6. The molecule has 0 aromatic rings. The molecule has 1 spiro atoms. The van der Waals surface area contributed by atoms with Gasteiger partial charge in [0.05, 0.1) is 11.5 Å². The number of carbonyl (C=O) groups excluding carboxylic acids is 2. The number of rotatable bonds is 8. The smallest absolute Gasteiger partial charge is 0.242 e. The van der Waals surface area contributed by atoms with Crippen molar-refractivity contribution in [2.45, 2.75) is 64.6 Å². The molecule has 1 saturated heterocycles. The van der Waals surface area contributed by atoms with Crippen molar-refractivity contribution in [3.63, 3.8) is 0 Å². The van der Waals surface area contributed by atoms with Crippen molar-refractivity contribution < 1.29 is 14.7 Å². The zero-order valence-electron chi connectivity index (χ0n) is 15.0. The monoisotopic (exact) mass is 340 g/mol. The molecule has 7 nitrogen and oxygen atoms in total. The fraction of sp³-hybridized carbons (Fsp3) is 0.882. The average Bonchev–Trinajstić information content (AvgIpc) is 2.51. The van der Waals surface area contributed by atoms with Crippen LogP contribution in [-0.2, 0) is 9.59 Å². The lowest BCUT2D eigenvalue weighted by atomic mass is 9.66. The minimum absolute atomic E-state index is 0.0245. The third kappa shape index (κ3) is 4.07. The maximum Gasteiger partial charge on any atom is 0.242 e. The third-order valence-corrected chi connectivity index (χ3v) is 5.28. The van der Waals surface area contributed by atoms with Crippen LogP contribution in [0.1, 0.15) is 46.5 Å². The van der Waals surface area contributed by atoms with E-state index in [0.717, 1.165) is 38.9 Å². The number of β-lactam (4-membered cyclic amide) rings is 1. The highest BCUT2D eigenvalue weighted by molar-refractivity contribution is 5.94. The summed E-state index contributed by atoms with van der Waals surface area (Å²) in [6, 6.07) is -0.472. The van der Waals surface area contributed by atoms with E-state index in [1.807, 2.05) is 0 Å². The van der Waals surface area contributed by atoms with Crippen molar-refractivity contribution in [2.75, 3.05) is 19.8 Å². The first-order valence-electron chi connectivity index (χ1n) is 8.99. The Morgan fingerprint density at radius 3 is 2.46 bits per heavy atom. The molecule has 1 aliphatic carbocycles. The zero-order chi connectivity index (χ0) is 17.9. The van der Waals surface area contributed by atoms with Gasteiger partial charge < -0.3 is 26.4 Å². The molecule has 1 heterocycles. The predicted octanol–water partition coefficient (Wildman–Crippen LogP) is -0.215. The van der Waals surface area contributed by atoms with Gasteiger partial charge in [-0.25, -0.2) is 0 Å². The summed E-state index contributed by atoms with van der Waals surface area (Å²) < 4.78 is 0. The van der Waals surface area contributed by atoms with E-state index in [2.05, 4.69) is 24.5 Å². The van der Waals surface area contributed by atoms with Crippen LogP contribution in [0.5, 0.6) is 0 Å². The fourth-order valence-electron chi connectivity index (χ4n) is 3.88. The van der Waals surface area contributed by atoms with Crippen molar-refractivity contribution in [2.24, 2.45) is 17.1 Å². The van der Waals surface area contributed by atoms with E-state index in [4.69, 9.17) is 5.73 Å². The van der Waals surface area contributed by atoms with Crippen molar-refractivity contribution in [1.82, 2.24) is 15.5 Å². The Morgan fingerprint density at radius 1 is 1.38 bits per heavy atom. The van der Waals surface area contributed by atoms with Gasteiger partial charge in [0.2, 0.25) is 11.8 Å². The summed E-state index contributed by atoms with van der Waals surface area (Å²) in [6.45, 7) is 8.17. The topological polar surface area (TPSA) is 108 Å². The van der Waals surface area contributed by atoms with Gasteiger partial charge >= 0.3 is 0 Å². The van der Waals surface area contributed by atoms with Gasteiger partial charge in [-0.2, -0.15) is 0 Å². The van der Waals surface area contributed by atoms with Gasteiger partial charge in [-0.1, -0.05) is 13.8 Å². The van der Waals surface area contributed by atoms with E-state index in [-0.39, 0.29) is 11.3 Å². The molecule has 7 heteroatoms. The predicted molar refractivity (Wildman–Crippen MR) is 91.9 cm³/mol. The van der Waals surface area contributed by atoms with Gasteiger partial charge in [-0.05, 0) is 45.1 Å². The van der Waals surface area contributed by atoms with Crippen molar-refractivity contribution in [3.05, 3.63) is 0 Å². The average molecular weight is 340 g/mol. The van der Waals surface area contributed by atoms with Crippen LogP contribution in [0.25, 0.3) is 0 Å². The number of nitrogens with two attached hydrogens (primary N) is 1. The second kappa shape index (κ2) is 7.80. The van der Waals surface area contributed by atoms with Gasteiger partial charge in [0.1, 0.15) is 6.04 Å². The molecule has 2 aliphatic rings. The van der Waals surface area contributed by atoms with Crippen LogP contribution in [0.15, 0.2) is 0 Å². The number of nitrogens with zero attached hydrogens (tertiary/aromatic N) is 1. The number of hydrogen-bond acceptors (Lipinski definition) is 5. The molecular formula is C17H32N4O3. The summed E-state index contributed by atoms with van der Waals surface area (Å²) in [4.78, 5) is 25.5. The number of nitrogens with one attached hydrogen (secondary N) is 2. The summed E-state index contributed by atoms with van der Waals surface area (Å²) in [5.41, 5.74) is 4.99. The number of carbonyl (C=O) groups is 2. The van der Waals surface area contributed by atoms with E-state index in [0.29, 0.717) is 18.5 Å². The molecule has 2 rings (SSSR count). The minimum atomic E-state index is -0.936. The SMILES string of the molecule is CC(C)CNCNC1CCC2(CC1)CN([C@H](C(N)=O)[C@@H](C)O)C2=O. The summed E-state index contributed by atoms with van der Waals surface area (Å²) in [7, 11) is 0. The van der Waals surface area contributed by atoms with Gasteiger partial charge in [0.15, 0.2) is 0 Å². The molecule has 0 unspecified atom stereocenters. The first-order valence-corrected chi connectivity index (χ1v) is 8.99. The van der Waals surface area contributed by atoms with Crippen molar-refractivity contribution in [3.8, 4) is 0 Å². The largest absolute Gasteiger partial charge is 0.391 e. The molecule has 1 aliphatic heterocycles. The van der Waals surface area contributed by atoms with E-state index >= 15 is 0 Å². The number of primary amides is 1. The van der Waals surface area contributed by atoms with Crippen LogP contribution >= 0.6 is 0 Å². The maximum atomic E-state index is 12.6. The molecule has 24 heavy (non-hydrogen) atoms. The van der Waals surface area contributed by atoms with Crippen LogP contribution in [0.4, 0.5) is 0 Å². The first kappa shape index (κ1) is 19.1. The number of aliphatic hydroxyl groups excluding tert-OH is 1. The molecular weight excluding hydrogens is 308 g/mol. The quantitative estimate of drug-likeness (QED) is 0.278. The van der Waals surface area contributed by atoms with Gasteiger partial charge in [-0.15, -0.1) is 0 Å². The number of likely N-dealkylation sites (tertiary alicyclic amines) is 1. The number of aliphatic hydroxyl groups is 1. The Labute approximate surface area is 144 Å². The van der Waals surface area contributed by atoms with Gasteiger partial charge in [0.25, 0.3) is 0 Å². The molecule has 0 aromatic carbocycles. The molecule has 1 saturated carbocycles. The van der Waals surface area contributed by atoms with Crippen LogP contribution in [-0.4, -0.2) is 59.8 Å². The van der Waals surface area contributed by atoms with E-state index < -0.39 is 18.1 Å². The van der Waals surface area contributed by atoms with Gasteiger partial charge in [-0.3, -0.25) is 9.59 Å². The lowest BCUT2D eigenvalue weighted by molar-refractivity contribution is -0.175. The molecule has 5 N–H and O–H groups in total. The van der Waals surface area contributed by atoms with Crippen LogP contribution in [0.2, 0.25) is 0 Å². The van der Waals surface area contributed by atoms with Crippen molar-refractivity contribution >= 4 is 11.8 Å². The normalized spacial score (nSPS) is 29.6. The second-order valence-electron chi connectivity index (χ2n) is 7.80. The Morgan fingerprint density at radius 2 is 2.00 bits per heavy atom. The van der Waals surface area contributed by atoms with Crippen LogP contribution < -0.4 is 16.4 Å². The molecule has 0 radical (unpaired) electrons. The lowest BCUT2D eigenvalue weighted by Crippen LogP contribution is -2.69. The van der Waals surface area contributed by atoms with E-state index in [9.17, 15) is 14.7 Å². The summed E-state index contributed by atoms with van der Waals surface area (Å²) in [6.07, 6.45) is 2.64. The standard InChI is InChI=1S/C17H32N4O3/c1-11(2)8-19-10-20-13-4-6-17(7-5-13)9-21(16(17)24)14(12(3)22)15(18)23/h11-14,19-20,22H,4-10H2,1-3H3,(H2,18,23)/t12-,13?,14+,17?/m1/s1. The summed E-state index contributed by atoms with van der Waals surface area (Å²) in [5.74, 6) is -0.0320. The molecule has 2 fully saturated rings. The Hall–Kier alpha value is -1.18. The Bertz CT molecular complexity index is 459. The summed E-state index contributed by atoms with van der Waals surface area (Å²) >= 11 is 0. The highest BCUT2D eigenvalue weighted by atomic mass is 16.3. The molecule has 0 aromatic heterocycles. The lowest BCUT2D eigenvalue weighted by Gasteiger charge is -2.54. The molecule has 2 atom stereocenters. The molecule has 2 amide bonds. The Balaban J connectivity index is 1.78.